The molecule has 0 amide bonds. The Morgan fingerprint density at radius 1 is 1.60 bits per heavy atom. The highest BCUT2D eigenvalue weighted by molar-refractivity contribution is 7.99. The fourth-order valence-corrected chi connectivity index (χ4v) is 2.01. The van der Waals surface area contributed by atoms with Crippen LogP contribution in [0.25, 0.3) is 0 Å². The molecule has 0 saturated carbocycles. The standard InChI is InChI=1S/C11H13FO2S/c1-7-5-9(3-4-10(7)12)15-6-8(2)11(13)14/h3-5,8H,6H2,1-2H3,(H,13,14). The molecular formula is C11H13FO2S. The Labute approximate surface area is 92.5 Å². The van der Waals surface area contributed by atoms with E-state index in [1.54, 1.807) is 26.0 Å². The van der Waals surface area contributed by atoms with E-state index < -0.39 is 5.97 Å². The van der Waals surface area contributed by atoms with Crippen molar-refractivity contribution in [3.05, 3.63) is 29.6 Å². The SMILES string of the molecule is Cc1cc(SCC(C)C(=O)O)ccc1F. The number of rotatable bonds is 4. The second-order valence-corrected chi connectivity index (χ2v) is 4.55. The highest BCUT2D eigenvalue weighted by Gasteiger charge is 2.11. The molecule has 1 aromatic carbocycles. The van der Waals surface area contributed by atoms with Crippen LogP contribution in [0.4, 0.5) is 4.39 Å². The molecule has 0 saturated heterocycles. The van der Waals surface area contributed by atoms with Crippen molar-refractivity contribution in [3.8, 4) is 0 Å². The van der Waals surface area contributed by atoms with Crippen LogP contribution in [0.3, 0.4) is 0 Å². The summed E-state index contributed by atoms with van der Waals surface area (Å²) in [6, 6.07) is 4.80. The molecular weight excluding hydrogens is 215 g/mol. The van der Waals surface area contributed by atoms with E-state index in [0.29, 0.717) is 11.3 Å². The molecule has 0 aliphatic heterocycles. The van der Waals surface area contributed by atoms with Crippen LogP contribution in [0.5, 0.6) is 0 Å². The smallest absolute Gasteiger partial charge is 0.307 e. The molecule has 1 N–H and O–H groups in total. The maximum Gasteiger partial charge on any atom is 0.307 e. The van der Waals surface area contributed by atoms with E-state index >= 15 is 0 Å². The Hall–Kier alpha value is -1.03. The Balaban J connectivity index is 2.58. The van der Waals surface area contributed by atoms with E-state index in [2.05, 4.69) is 0 Å². The van der Waals surface area contributed by atoms with E-state index in [-0.39, 0.29) is 11.7 Å². The number of carbonyl (C=O) groups is 1. The Morgan fingerprint density at radius 2 is 2.27 bits per heavy atom. The molecule has 1 unspecified atom stereocenters. The summed E-state index contributed by atoms with van der Waals surface area (Å²) in [4.78, 5) is 11.5. The summed E-state index contributed by atoms with van der Waals surface area (Å²) >= 11 is 1.43. The maximum absolute atomic E-state index is 12.9. The van der Waals surface area contributed by atoms with Crippen LogP contribution in [-0.4, -0.2) is 16.8 Å². The topological polar surface area (TPSA) is 37.3 Å². The van der Waals surface area contributed by atoms with Gasteiger partial charge in [0.2, 0.25) is 0 Å². The molecule has 1 aromatic rings. The molecule has 15 heavy (non-hydrogen) atoms. The van der Waals surface area contributed by atoms with Gasteiger partial charge in [0.15, 0.2) is 0 Å². The first-order valence-corrected chi connectivity index (χ1v) is 5.61. The largest absolute Gasteiger partial charge is 0.481 e. The highest BCUT2D eigenvalue weighted by Crippen LogP contribution is 2.22. The zero-order valence-electron chi connectivity index (χ0n) is 8.66. The number of hydrogen-bond acceptors (Lipinski definition) is 2. The average molecular weight is 228 g/mol. The number of aliphatic carboxylic acids is 1. The molecule has 0 heterocycles. The third kappa shape index (κ3) is 3.55. The third-order valence-electron chi connectivity index (χ3n) is 2.05. The van der Waals surface area contributed by atoms with Gasteiger partial charge in [0.05, 0.1) is 5.92 Å². The average Bonchev–Trinajstić information content (AvgIpc) is 2.19. The van der Waals surface area contributed by atoms with Crippen LogP contribution >= 0.6 is 11.8 Å². The minimum atomic E-state index is -0.804. The first-order chi connectivity index (χ1) is 7.00. The number of thioether (sulfide) groups is 1. The molecule has 0 bridgehead atoms. The molecule has 4 heteroatoms. The lowest BCUT2D eigenvalue weighted by Crippen LogP contribution is -2.11. The first-order valence-electron chi connectivity index (χ1n) is 4.62. The van der Waals surface area contributed by atoms with Crippen molar-refractivity contribution in [2.24, 2.45) is 5.92 Å². The summed E-state index contributed by atoms with van der Waals surface area (Å²) in [5, 5.41) is 8.69. The summed E-state index contributed by atoms with van der Waals surface area (Å²) in [5.74, 6) is -0.923. The third-order valence-corrected chi connectivity index (χ3v) is 3.30. The van der Waals surface area contributed by atoms with Gasteiger partial charge < -0.3 is 5.11 Å². The molecule has 0 radical (unpaired) electrons. The lowest BCUT2D eigenvalue weighted by Gasteiger charge is -2.06. The minimum Gasteiger partial charge on any atom is -0.481 e. The molecule has 0 fully saturated rings. The molecule has 0 spiro atoms. The molecule has 1 rings (SSSR count). The monoisotopic (exact) mass is 228 g/mol. The van der Waals surface area contributed by atoms with Gasteiger partial charge in [0, 0.05) is 10.6 Å². The molecule has 1 atom stereocenters. The Kier molecular flexibility index (Phi) is 4.15. The van der Waals surface area contributed by atoms with Crippen LogP contribution in [0.15, 0.2) is 23.1 Å². The minimum absolute atomic E-state index is 0.231. The Morgan fingerprint density at radius 3 is 2.80 bits per heavy atom. The second kappa shape index (κ2) is 5.16. The summed E-state index contributed by atoms with van der Waals surface area (Å²) in [5.41, 5.74) is 0.586. The van der Waals surface area contributed by atoms with Gasteiger partial charge in [0.1, 0.15) is 5.82 Å². The van der Waals surface area contributed by atoms with Crippen LogP contribution < -0.4 is 0 Å². The summed E-state index contributed by atoms with van der Waals surface area (Å²) in [7, 11) is 0. The predicted molar refractivity (Wildman–Crippen MR) is 58.7 cm³/mol. The van der Waals surface area contributed by atoms with E-state index in [0.717, 1.165) is 4.90 Å². The molecule has 2 nitrogen and oxygen atoms in total. The van der Waals surface area contributed by atoms with Crippen molar-refractivity contribution in [2.45, 2.75) is 18.7 Å². The highest BCUT2D eigenvalue weighted by atomic mass is 32.2. The summed E-state index contributed by atoms with van der Waals surface area (Å²) in [6.07, 6.45) is 0. The second-order valence-electron chi connectivity index (χ2n) is 3.46. The zero-order chi connectivity index (χ0) is 11.4. The molecule has 82 valence electrons. The van der Waals surface area contributed by atoms with Crippen molar-refractivity contribution in [1.82, 2.24) is 0 Å². The van der Waals surface area contributed by atoms with Crippen molar-refractivity contribution in [2.75, 3.05) is 5.75 Å². The van der Waals surface area contributed by atoms with Crippen molar-refractivity contribution in [1.29, 1.82) is 0 Å². The lowest BCUT2D eigenvalue weighted by molar-refractivity contribution is -0.140. The number of benzene rings is 1. The predicted octanol–water partition coefficient (Wildman–Crippen LogP) is 2.95. The van der Waals surface area contributed by atoms with Gasteiger partial charge in [-0.2, -0.15) is 0 Å². The quantitative estimate of drug-likeness (QED) is 0.805. The lowest BCUT2D eigenvalue weighted by atomic mass is 10.2. The van der Waals surface area contributed by atoms with Crippen molar-refractivity contribution in [3.63, 3.8) is 0 Å². The van der Waals surface area contributed by atoms with E-state index in [1.807, 2.05) is 0 Å². The fraction of sp³-hybridized carbons (Fsp3) is 0.364. The summed E-state index contributed by atoms with van der Waals surface area (Å²) < 4.78 is 12.9. The molecule has 0 aliphatic rings. The van der Waals surface area contributed by atoms with E-state index in [4.69, 9.17) is 5.11 Å². The zero-order valence-corrected chi connectivity index (χ0v) is 9.47. The van der Waals surface area contributed by atoms with Crippen LogP contribution in [0, 0.1) is 18.7 Å². The van der Waals surface area contributed by atoms with Gasteiger partial charge in [-0.15, -0.1) is 11.8 Å². The van der Waals surface area contributed by atoms with Gasteiger partial charge in [-0.3, -0.25) is 4.79 Å². The van der Waals surface area contributed by atoms with E-state index in [9.17, 15) is 9.18 Å². The maximum atomic E-state index is 12.9. The Bertz CT molecular complexity index is 366. The fourth-order valence-electron chi connectivity index (χ4n) is 0.999. The van der Waals surface area contributed by atoms with Crippen LogP contribution in [0.1, 0.15) is 12.5 Å². The number of carboxylic acid groups (broad SMARTS) is 1. The van der Waals surface area contributed by atoms with Crippen molar-refractivity contribution < 1.29 is 14.3 Å². The molecule has 0 aliphatic carbocycles. The number of hydrogen-bond donors (Lipinski definition) is 1. The van der Waals surface area contributed by atoms with Gasteiger partial charge in [0.25, 0.3) is 0 Å². The number of halogens is 1. The van der Waals surface area contributed by atoms with E-state index in [1.165, 1.54) is 17.8 Å². The number of carboxylic acids is 1. The normalized spacial score (nSPS) is 12.5. The van der Waals surface area contributed by atoms with Gasteiger partial charge in [-0.1, -0.05) is 6.92 Å². The summed E-state index contributed by atoms with van der Waals surface area (Å²) in [6.45, 7) is 3.35. The van der Waals surface area contributed by atoms with Crippen molar-refractivity contribution >= 4 is 17.7 Å². The van der Waals surface area contributed by atoms with Gasteiger partial charge >= 0.3 is 5.97 Å². The van der Waals surface area contributed by atoms with Crippen LogP contribution in [0.2, 0.25) is 0 Å². The van der Waals surface area contributed by atoms with Crippen LogP contribution in [-0.2, 0) is 4.79 Å². The van der Waals surface area contributed by atoms with Gasteiger partial charge in [-0.05, 0) is 30.7 Å². The molecule has 0 aromatic heterocycles. The first kappa shape index (κ1) is 12.0. The van der Waals surface area contributed by atoms with Gasteiger partial charge in [-0.25, -0.2) is 4.39 Å². The number of aryl methyl sites for hydroxylation is 1.